The molecule has 5 nitrogen and oxygen atoms in total. The summed E-state index contributed by atoms with van der Waals surface area (Å²) in [5.74, 6) is -0.317. The Morgan fingerprint density at radius 3 is 2.05 bits per heavy atom. The van der Waals surface area contributed by atoms with E-state index in [1.807, 2.05) is 20.8 Å². The van der Waals surface area contributed by atoms with E-state index in [1.54, 1.807) is 27.0 Å². The first-order valence-electron chi connectivity index (χ1n) is 7.86. The van der Waals surface area contributed by atoms with Crippen molar-refractivity contribution < 1.29 is 19.1 Å². The summed E-state index contributed by atoms with van der Waals surface area (Å²) in [6.45, 7) is 14.0. The monoisotopic (exact) mass is 315 g/mol. The lowest BCUT2D eigenvalue weighted by molar-refractivity contribution is -0.138. The van der Waals surface area contributed by atoms with Crippen LogP contribution < -0.4 is 0 Å². The third-order valence-electron chi connectivity index (χ3n) is 2.22. The molecule has 0 aromatic heterocycles. The van der Waals surface area contributed by atoms with Crippen LogP contribution in [0.5, 0.6) is 0 Å². The quantitative estimate of drug-likeness (QED) is 0.564. The Labute approximate surface area is 135 Å². The van der Waals surface area contributed by atoms with E-state index in [9.17, 15) is 9.59 Å². The van der Waals surface area contributed by atoms with Crippen LogP contribution in [-0.2, 0) is 14.3 Å². The topological polar surface area (TPSA) is 55.8 Å². The first-order valence-corrected chi connectivity index (χ1v) is 7.86. The van der Waals surface area contributed by atoms with E-state index in [0.717, 1.165) is 0 Å². The molecule has 0 unspecified atom stereocenters. The molecule has 0 aromatic carbocycles. The minimum Gasteiger partial charge on any atom is -0.463 e. The molecule has 0 bridgehead atoms. The number of carbonyl (C=O) groups is 2. The van der Waals surface area contributed by atoms with Gasteiger partial charge in [0, 0.05) is 19.2 Å². The number of rotatable bonds is 5. The molecule has 0 aromatic rings. The summed E-state index contributed by atoms with van der Waals surface area (Å²) in [5.41, 5.74) is 0.0571. The van der Waals surface area contributed by atoms with Gasteiger partial charge in [-0.05, 0) is 41.0 Å². The fourth-order valence-corrected chi connectivity index (χ4v) is 1.23. The SMILES string of the molecule is CCC.CCOC(=O)/C(C)=C/CCN(C)C(=O)OC(C)(C)C. The van der Waals surface area contributed by atoms with E-state index in [2.05, 4.69) is 13.8 Å². The van der Waals surface area contributed by atoms with Gasteiger partial charge in [-0.15, -0.1) is 0 Å². The summed E-state index contributed by atoms with van der Waals surface area (Å²) in [6.07, 6.45) is 3.23. The first kappa shape index (κ1) is 22.8. The second-order valence-corrected chi connectivity index (χ2v) is 6.01. The third kappa shape index (κ3) is 13.5. The molecule has 130 valence electrons. The van der Waals surface area contributed by atoms with Gasteiger partial charge in [0.25, 0.3) is 0 Å². The van der Waals surface area contributed by atoms with Gasteiger partial charge in [-0.25, -0.2) is 9.59 Å². The molecular weight excluding hydrogens is 282 g/mol. The molecule has 0 heterocycles. The minimum absolute atomic E-state index is 0.317. The molecule has 1 amide bonds. The van der Waals surface area contributed by atoms with Crippen molar-refractivity contribution in [3.63, 3.8) is 0 Å². The minimum atomic E-state index is -0.498. The van der Waals surface area contributed by atoms with Gasteiger partial charge in [-0.2, -0.15) is 0 Å². The van der Waals surface area contributed by atoms with Crippen molar-refractivity contribution in [2.75, 3.05) is 20.2 Å². The second-order valence-electron chi connectivity index (χ2n) is 6.01. The predicted octanol–water partition coefficient (Wildman–Crippen LogP) is 4.17. The molecule has 0 atom stereocenters. The summed E-state index contributed by atoms with van der Waals surface area (Å²) >= 11 is 0. The Bertz CT molecular complexity index is 356. The van der Waals surface area contributed by atoms with E-state index in [-0.39, 0.29) is 12.1 Å². The number of ether oxygens (including phenoxy) is 2. The van der Waals surface area contributed by atoms with E-state index in [0.29, 0.717) is 25.1 Å². The zero-order valence-electron chi connectivity index (χ0n) is 15.5. The maximum atomic E-state index is 11.7. The van der Waals surface area contributed by atoms with Crippen molar-refractivity contribution >= 4 is 12.1 Å². The lowest BCUT2D eigenvalue weighted by Crippen LogP contribution is -2.34. The molecule has 0 radical (unpaired) electrons. The smallest absolute Gasteiger partial charge is 0.410 e. The Morgan fingerprint density at radius 1 is 1.14 bits per heavy atom. The summed E-state index contributed by atoms with van der Waals surface area (Å²) in [5, 5.41) is 0. The largest absolute Gasteiger partial charge is 0.463 e. The maximum Gasteiger partial charge on any atom is 0.410 e. The third-order valence-corrected chi connectivity index (χ3v) is 2.22. The van der Waals surface area contributed by atoms with Gasteiger partial charge < -0.3 is 14.4 Å². The molecule has 22 heavy (non-hydrogen) atoms. The van der Waals surface area contributed by atoms with Crippen LogP contribution in [-0.4, -0.2) is 42.8 Å². The molecule has 0 saturated heterocycles. The zero-order valence-corrected chi connectivity index (χ0v) is 15.5. The average molecular weight is 315 g/mol. The highest BCUT2D eigenvalue weighted by Gasteiger charge is 2.18. The van der Waals surface area contributed by atoms with Crippen LogP contribution in [0.1, 0.15) is 61.3 Å². The predicted molar refractivity (Wildman–Crippen MR) is 89.8 cm³/mol. The number of nitrogens with zero attached hydrogens (tertiary/aromatic N) is 1. The van der Waals surface area contributed by atoms with Crippen molar-refractivity contribution in [1.82, 2.24) is 4.90 Å². The standard InChI is InChI=1S/C14H25NO4.C3H8/c1-7-18-12(16)11(2)9-8-10-15(6)13(17)19-14(3,4)5;1-3-2/h9H,7-8,10H2,1-6H3;3H2,1-2H3/b11-9+;. The normalized spacial score (nSPS) is 11.2. The van der Waals surface area contributed by atoms with Crippen molar-refractivity contribution in [3.8, 4) is 0 Å². The molecule has 0 aliphatic heterocycles. The molecule has 5 heteroatoms. The van der Waals surface area contributed by atoms with E-state index in [1.165, 1.54) is 11.3 Å². The van der Waals surface area contributed by atoms with Crippen molar-refractivity contribution in [1.29, 1.82) is 0 Å². The van der Waals surface area contributed by atoms with Crippen LogP contribution in [0.3, 0.4) is 0 Å². The number of amides is 1. The molecule has 0 saturated carbocycles. The second kappa shape index (κ2) is 12.1. The number of carbonyl (C=O) groups excluding carboxylic acids is 2. The highest BCUT2D eigenvalue weighted by molar-refractivity contribution is 5.87. The maximum absolute atomic E-state index is 11.7. The summed E-state index contributed by atoms with van der Waals surface area (Å²) in [4.78, 5) is 24.5. The average Bonchev–Trinajstić information content (AvgIpc) is 2.37. The van der Waals surface area contributed by atoms with E-state index < -0.39 is 5.60 Å². The van der Waals surface area contributed by atoms with Gasteiger partial charge in [0.05, 0.1) is 6.61 Å². The van der Waals surface area contributed by atoms with Gasteiger partial charge in [0.1, 0.15) is 5.60 Å². The Balaban J connectivity index is 0. The summed E-state index contributed by atoms with van der Waals surface area (Å²) in [6, 6.07) is 0. The fraction of sp³-hybridized carbons (Fsp3) is 0.765. The van der Waals surface area contributed by atoms with Crippen molar-refractivity contribution in [3.05, 3.63) is 11.6 Å². The Kier molecular flexibility index (Phi) is 12.5. The molecule has 0 rings (SSSR count). The van der Waals surface area contributed by atoms with Crippen LogP contribution in [0, 0.1) is 0 Å². The first-order chi connectivity index (χ1) is 10.1. The van der Waals surface area contributed by atoms with E-state index in [4.69, 9.17) is 9.47 Å². The summed E-state index contributed by atoms with van der Waals surface area (Å²) in [7, 11) is 1.67. The van der Waals surface area contributed by atoms with Crippen LogP contribution in [0.4, 0.5) is 4.79 Å². The van der Waals surface area contributed by atoms with Crippen LogP contribution >= 0.6 is 0 Å². The Morgan fingerprint density at radius 2 is 1.64 bits per heavy atom. The number of hydrogen-bond donors (Lipinski definition) is 0. The van der Waals surface area contributed by atoms with Gasteiger partial charge in [0.2, 0.25) is 0 Å². The van der Waals surface area contributed by atoms with Gasteiger partial charge in [-0.3, -0.25) is 0 Å². The molecule has 0 aliphatic carbocycles. The summed E-state index contributed by atoms with van der Waals surface area (Å²) < 4.78 is 10.1. The number of hydrogen-bond acceptors (Lipinski definition) is 4. The van der Waals surface area contributed by atoms with Gasteiger partial charge in [-0.1, -0.05) is 26.3 Å². The van der Waals surface area contributed by atoms with Crippen molar-refractivity contribution in [2.24, 2.45) is 0 Å². The van der Waals surface area contributed by atoms with Crippen LogP contribution in [0.25, 0.3) is 0 Å². The van der Waals surface area contributed by atoms with Crippen molar-refractivity contribution in [2.45, 2.75) is 66.9 Å². The van der Waals surface area contributed by atoms with Crippen LogP contribution in [0.2, 0.25) is 0 Å². The zero-order chi connectivity index (χ0) is 17.8. The molecule has 0 fully saturated rings. The Hall–Kier alpha value is -1.52. The lowest BCUT2D eigenvalue weighted by Gasteiger charge is -2.24. The molecule has 0 spiro atoms. The molecule has 0 N–H and O–H groups in total. The highest BCUT2D eigenvalue weighted by atomic mass is 16.6. The molecular formula is C17H33NO4. The van der Waals surface area contributed by atoms with Crippen LogP contribution in [0.15, 0.2) is 11.6 Å². The van der Waals surface area contributed by atoms with Gasteiger partial charge in [0.15, 0.2) is 0 Å². The molecule has 0 aliphatic rings. The highest BCUT2D eigenvalue weighted by Crippen LogP contribution is 2.09. The fourth-order valence-electron chi connectivity index (χ4n) is 1.23. The lowest BCUT2D eigenvalue weighted by atomic mass is 10.2. The van der Waals surface area contributed by atoms with Gasteiger partial charge >= 0.3 is 12.1 Å². The van der Waals surface area contributed by atoms with E-state index >= 15 is 0 Å². The number of esters is 1.